The summed E-state index contributed by atoms with van der Waals surface area (Å²) >= 11 is 0. The Morgan fingerprint density at radius 1 is 1.69 bits per heavy atom. The quantitative estimate of drug-likeness (QED) is 0.670. The Morgan fingerprint density at radius 3 is 2.77 bits per heavy atom. The second kappa shape index (κ2) is 3.77. The van der Waals surface area contributed by atoms with Crippen molar-refractivity contribution < 1.29 is 19.4 Å². The second-order valence-corrected chi connectivity index (χ2v) is 3.58. The van der Waals surface area contributed by atoms with Crippen molar-refractivity contribution in [1.29, 1.82) is 0 Å². The predicted octanol–water partition coefficient (Wildman–Crippen LogP) is 1.19. The molecule has 1 aliphatic heterocycles. The molecule has 4 nitrogen and oxygen atoms in total. The van der Waals surface area contributed by atoms with Crippen LogP contribution in [0.2, 0.25) is 0 Å². The molecule has 1 aliphatic rings. The van der Waals surface area contributed by atoms with Crippen molar-refractivity contribution in [1.82, 2.24) is 0 Å². The summed E-state index contributed by atoms with van der Waals surface area (Å²) in [5.74, 6) is -1.01. The number of cyclic esters (lactones) is 1. The minimum Gasteiger partial charge on any atom is -0.481 e. The zero-order chi connectivity index (χ0) is 9.90. The van der Waals surface area contributed by atoms with E-state index in [2.05, 4.69) is 0 Å². The van der Waals surface area contributed by atoms with Crippen LogP contribution in [0.5, 0.6) is 0 Å². The Labute approximate surface area is 76.9 Å². The number of carboxylic acid groups (broad SMARTS) is 1. The van der Waals surface area contributed by atoms with E-state index in [1.165, 1.54) is 0 Å². The molecule has 0 amide bonds. The molecule has 1 saturated heterocycles. The second-order valence-electron chi connectivity index (χ2n) is 3.58. The molecular weight excluding hydrogens is 172 g/mol. The lowest BCUT2D eigenvalue weighted by Gasteiger charge is -2.22. The van der Waals surface area contributed by atoms with Gasteiger partial charge in [0.25, 0.3) is 0 Å². The first-order chi connectivity index (χ1) is 6.08. The van der Waals surface area contributed by atoms with Gasteiger partial charge in [-0.1, -0.05) is 6.92 Å². The molecule has 0 aromatic heterocycles. The monoisotopic (exact) mass is 186 g/mol. The molecule has 13 heavy (non-hydrogen) atoms. The number of hydrogen-bond acceptors (Lipinski definition) is 3. The zero-order valence-electron chi connectivity index (χ0n) is 7.71. The summed E-state index contributed by atoms with van der Waals surface area (Å²) in [5, 5.41) is 8.52. The smallest absolute Gasteiger partial charge is 0.306 e. The summed E-state index contributed by atoms with van der Waals surface area (Å²) in [4.78, 5) is 21.3. The van der Waals surface area contributed by atoms with Crippen LogP contribution in [0.3, 0.4) is 0 Å². The van der Waals surface area contributed by atoms with Crippen molar-refractivity contribution in [2.75, 3.05) is 6.61 Å². The normalized spacial score (nSPS) is 27.3. The van der Waals surface area contributed by atoms with Gasteiger partial charge < -0.3 is 9.84 Å². The van der Waals surface area contributed by atoms with Crippen LogP contribution >= 0.6 is 0 Å². The number of esters is 1. The van der Waals surface area contributed by atoms with E-state index >= 15 is 0 Å². The number of carbonyl (C=O) groups excluding carboxylic acids is 1. The van der Waals surface area contributed by atoms with E-state index in [1.807, 2.05) is 6.92 Å². The first-order valence-corrected chi connectivity index (χ1v) is 4.45. The van der Waals surface area contributed by atoms with Crippen molar-refractivity contribution in [3.8, 4) is 0 Å². The van der Waals surface area contributed by atoms with Crippen molar-refractivity contribution in [2.24, 2.45) is 5.41 Å². The number of rotatable bonds is 4. The molecule has 74 valence electrons. The van der Waals surface area contributed by atoms with E-state index in [9.17, 15) is 9.59 Å². The summed E-state index contributed by atoms with van der Waals surface area (Å²) in [5.41, 5.74) is -0.213. The van der Waals surface area contributed by atoms with Crippen molar-refractivity contribution in [2.45, 2.75) is 32.6 Å². The van der Waals surface area contributed by atoms with Crippen LogP contribution in [-0.4, -0.2) is 23.7 Å². The van der Waals surface area contributed by atoms with Crippen LogP contribution < -0.4 is 0 Å². The van der Waals surface area contributed by atoms with Crippen LogP contribution in [0.15, 0.2) is 0 Å². The lowest BCUT2D eigenvalue weighted by Crippen LogP contribution is -2.21. The van der Waals surface area contributed by atoms with Crippen molar-refractivity contribution >= 4 is 11.9 Å². The molecule has 0 aromatic rings. The van der Waals surface area contributed by atoms with Crippen molar-refractivity contribution in [3.05, 3.63) is 0 Å². The minimum atomic E-state index is -0.813. The topological polar surface area (TPSA) is 63.6 Å². The third-order valence-corrected chi connectivity index (χ3v) is 2.68. The average molecular weight is 186 g/mol. The maximum absolute atomic E-state index is 10.9. The first kappa shape index (κ1) is 10.0. The van der Waals surface area contributed by atoms with Crippen molar-refractivity contribution in [3.63, 3.8) is 0 Å². The summed E-state index contributed by atoms with van der Waals surface area (Å²) in [6.45, 7) is 2.35. The minimum absolute atomic E-state index is 0.116. The molecule has 0 radical (unpaired) electrons. The van der Waals surface area contributed by atoms with Gasteiger partial charge >= 0.3 is 11.9 Å². The van der Waals surface area contributed by atoms with Crippen LogP contribution in [0.1, 0.15) is 32.6 Å². The highest BCUT2D eigenvalue weighted by molar-refractivity contribution is 5.73. The van der Waals surface area contributed by atoms with E-state index in [0.29, 0.717) is 19.4 Å². The van der Waals surface area contributed by atoms with Gasteiger partial charge in [0.1, 0.15) is 0 Å². The van der Waals surface area contributed by atoms with Gasteiger partial charge in [-0.2, -0.15) is 0 Å². The fourth-order valence-corrected chi connectivity index (χ4v) is 1.58. The maximum Gasteiger partial charge on any atom is 0.306 e. The summed E-state index contributed by atoms with van der Waals surface area (Å²) in [6, 6.07) is 0. The van der Waals surface area contributed by atoms with Gasteiger partial charge in [0, 0.05) is 11.8 Å². The standard InChI is InChI=1S/C9H14O4/c1-2-9(4-3-7(10)11)5-8(12)13-6-9/h2-6H2,1H3,(H,10,11)/t9-/m0/s1. The fourth-order valence-electron chi connectivity index (χ4n) is 1.58. The molecular formula is C9H14O4. The Kier molecular flexibility index (Phi) is 2.90. The summed E-state index contributed by atoms with van der Waals surface area (Å²) in [6.07, 6.45) is 1.82. The third-order valence-electron chi connectivity index (χ3n) is 2.68. The van der Waals surface area contributed by atoms with E-state index < -0.39 is 5.97 Å². The maximum atomic E-state index is 10.9. The molecule has 1 atom stereocenters. The zero-order valence-corrected chi connectivity index (χ0v) is 7.71. The molecule has 0 aromatic carbocycles. The molecule has 1 rings (SSSR count). The average Bonchev–Trinajstić information content (AvgIpc) is 2.45. The van der Waals surface area contributed by atoms with Gasteiger partial charge in [-0.25, -0.2) is 0 Å². The molecule has 0 bridgehead atoms. The van der Waals surface area contributed by atoms with Gasteiger partial charge in [-0.15, -0.1) is 0 Å². The lowest BCUT2D eigenvalue weighted by atomic mass is 9.80. The Balaban J connectivity index is 2.50. The lowest BCUT2D eigenvalue weighted by molar-refractivity contribution is -0.138. The molecule has 1 N–H and O–H groups in total. The highest BCUT2D eigenvalue weighted by Gasteiger charge is 2.38. The number of ether oxygens (including phenoxy) is 1. The summed E-state index contributed by atoms with van der Waals surface area (Å²) < 4.78 is 4.86. The van der Waals surface area contributed by atoms with Gasteiger partial charge in [0.15, 0.2) is 0 Å². The molecule has 0 unspecified atom stereocenters. The van der Waals surface area contributed by atoms with Crippen LogP contribution in [0, 0.1) is 5.41 Å². The number of aliphatic carboxylic acids is 1. The number of hydrogen-bond donors (Lipinski definition) is 1. The molecule has 4 heteroatoms. The SMILES string of the molecule is CC[C@@]1(CCC(=O)O)COC(=O)C1. The van der Waals surface area contributed by atoms with E-state index in [1.54, 1.807) is 0 Å². The molecule has 1 fully saturated rings. The molecule has 0 spiro atoms. The number of carbonyl (C=O) groups is 2. The van der Waals surface area contributed by atoms with Gasteiger partial charge in [-0.05, 0) is 12.8 Å². The predicted molar refractivity (Wildman–Crippen MR) is 45.2 cm³/mol. The van der Waals surface area contributed by atoms with Gasteiger partial charge in [-0.3, -0.25) is 9.59 Å². The largest absolute Gasteiger partial charge is 0.481 e. The molecule has 1 heterocycles. The number of carboxylic acids is 1. The highest BCUT2D eigenvalue weighted by atomic mass is 16.5. The van der Waals surface area contributed by atoms with Crippen LogP contribution in [-0.2, 0) is 14.3 Å². The molecule has 0 aliphatic carbocycles. The Bertz CT molecular complexity index is 224. The van der Waals surface area contributed by atoms with Crippen LogP contribution in [0.4, 0.5) is 0 Å². The van der Waals surface area contributed by atoms with Gasteiger partial charge in [0.05, 0.1) is 13.0 Å². The van der Waals surface area contributed by atoms with Crippen LogP contribution in [0.25, 0.3) is 0 Å². The highest BCUT2D eigenvalue weighted by Crippen LogP contribution is 2.37. The first-order valence-electron chi connectivity index (χ1n) is 4.45. The molecule has 0 saturated carbocycles. The third kappa shape index (κ3) is 2.44. The van der Waals surface area contributed by atoms with Gasteiger partial charge in [0.2, 0.25) is 0 Å². The van der Waals surface area contributed by atoms with E-state index in [0.717, 1.165) is 6.42 Å². The fraction of sp³-hybridized carbons (Fsp3) is 0.778. The Hall–Kier alpha value is -1.06. The summed E-state index contributed by atoms with van der Waals surface area (Å²) in [7, 11) is 0. The van der Waals surface area contributed by atoms with E-state index in [-0.39, 0.29) is 17.8 Å². The van der Waals surface area contributed by atoms with E-state index in [4.69, 9.17) is 9.84 Å². The Morgan fingerprint density at radius 2 is 2.38 bits per heavy atom.